The molecule has 130 valence electrons. The highest BCUT2D eigenvalue weighted by molar-refractivity contribution is 6.06. The van der Waals surface area contributed by atoms with Gasteiger partial charge in [0.15, 0.2) is 0 Å². The van der Waals surface area contributed by atoms with Crippen LogP contribution in [-0.2, 0) is 6.42 Å². The average Bonchev–Trinajstić information content (AvgIpc) is 2.59. The fraction of sp³-hybridized carbons (Fsp3) is 0.444. The number of hydrogen-bond donors (Lipinski definition) is 4. The van der Waals surface area contributed by atoms with Gasteiger partial charge in [-0.15, -0.1) is 0 Å². The summed E-state index contributed by atoms with van der Waals surface area (Å²) in [6.07, 6.45) is 5.31. The number of unbranched alkanes of at least 4 members (excludes halogenated alkanes) is 3. The van der Waals surface area contributed by atoms with E-state index in [9.17, 15) is 9.59 Å². The molecule has 0 spiro atoms. The van der Waals surface area contributed by atoms with E-state index in [0.717, 1.165) is 49.6 Å². The SMILES string of the molecule is NCCCCCCc1ccc2[nH]c(=O)cc(C(=O)NCCO)c2c1. The molecule has 2 rings (SSSR count). The van der Waals surface area contributed by atoms with Crippen LogP contribution in [0.5, 0.6) is 0 Å². The van der Waals surface area contributed by atoms with Crippen LogP contribution in [-0.4, -0.2) is 35.7 Å². The Bertz CT molecular complexity index is 740. The number of nitrogens with one attached hydrogen (secondary N) is 2. The molecule has 6 nitrogen and oxygen atoms in total. The van der Waals surface area contributed by atoms with Crippen molar-refractivity contribution in [2.75, 3.05) is 19.7 Å². The van der Waals surface area contributed by atoms with Crippen molar-refractivity contribution >= 4 is 16.8 Å². The van der Waals surface area contributed by atoms with E-state index in [1.54, 1.807) is 0 Å². The van der Waals surface area contributed by atoms with Gasteiger partial charge in [0.25, 0.3) is 5.91 Å². The number of H-pyrrole nitrogens is 1. The molecular formula is C18H25N3O3. The molecule has 0 saturated heterocycles. The molecule has 5 N–H and O–H groups in total. The number of aliphatic hydroxyl groups is 1. The van der Waals surface area contributed by atoms with Gasteiger partial charge in [-0.2, -0.15) is 0 Å². The van der Waals surface area contributed by atoms with Gasteiger partial charge in [0, 0.05) is 23.5 Å². The van der Waals surface area contributed by atoms with Crippen molar-refractivity contribution in [3.8, 4) is 0 Å². The summed E-state index contributed by atoms with van der Waals surface area (Å²) in [5, 5.41) is 12.2. The summed E-state index contributed by atoms with van der Waals surface area (Å²) in [7, 11) is 0. The minimum atomic E-state index is -0.347. The van der Waals surface area contributed by atoms with E-state index >= 15 is 0 Å². The van der Waals surface area contributed by atoms with E-state index < -0.39 is 0 Å². The Morgan fingerprint density at radius 3 is 2.71 bits per heavy atom. The number of pyridine rings is 1. The van der Waals surface area contributed by atoms with Crippen LogP contribution in [0.25, 0.3) is 10.9 Å². The predicted molar refractivity (Wildman–Crippen MR) is 95.2 cm³/mol. The number of fused-ring (bicyclic) bond motifs is 1. The number of hydrogen-bond acceptors (Lipinski definition) is 4. The highest BCUT2D eigenvalue weighted by Crippen LogP contribution is 2.19. The fourth-order valence-corrected chi connectivity index (χ4v) is 2.74. The number of aromatic nitrogens is 1. The second kappa shape index (κ2) is 9.20. The summed E-state index contributed by atoms with van der Waals surface area (Å²) in [4.78, 5) is 26.7. The molecule has 0 radical (unpaired) electrons. The van der Waals surface area contributed by atoms with Crippen LogP contribution < -0.4 is 16.6 Å². The van der Waals surface area contributed by atoms with E-state index in [1.165, 1.54) is 6.07 Å². The molecule has 6 heteroatoms. The molecule has 1 aromatic carbocycles. The number of aromatic amines is 1. The van der Waals surface area contributed by atoms with Crippen molar-refractivity contribution in [1.82, 2.24) is 10.3 Å². The van der Waals surface area contributed by atoms with E-state index in [4.69, 9.17) is 10.8 Å². The highest BCUT2D eigenvalue weighted by atomic mass is 16.3. The second-order valence-electron chi connectivity index (χ2n) is 5.86. The van der Waals surface area contributed by atoms with Gasteiger partial charge >= 0.3 is 0 Å². The lowest BCUT2D eigenvalue weighted by molar-refractivity contribution is 0.0946. The van der Waals surface area contributed by atoms with Gasteiger partial charge in [-0.25, -0.2) is 0 Å². The molecule has 0 fully saturated rings. The summed E-state index contributed by atoms with van der Waals surface area (Å²) >= 11 is 0. The maximum atomic E-state index is 12.2. The molecule has 0 aliphatic heterocycles. The molecule has 0 aliphatic rings. The number of rotatable bonds is 9. The van der Waals surface area contributed by atoms with Crippen molar-refractivity contribution in [2.45, 2.75) is 32.1 Å². The summed E-state index contributed by atoms with van der Waals surface area (Å²) in [6, 6.07) is 7.09. The Morgan fingerprint density at radius 2 is 1.96 bits per heavy atom. The van der Waals surface area contributed by atoms with Crippen LogP contribution in [0.15, 0.2) is 29.1 Å². The first-order valence-corrected chi connectivity index (χ1v) is 8.41. The Balaban J connectivity index is 2.20. The zero-order valence-corrected chi connectivity index (χ0v) is 13.8. The number of carbonyl (C=O) groups excluding carboxylic acids is 1. The first-order chi connectivity index (χ1) is 11.7. The number of aryl methyl sites for hydroxylation is 1. The lowest BCUT2D eigenvalue weighted by Gasteiger charge is -2.09. The standard InChI is InChI=1S/C18H25N3O3/c19-8-4-2-1-3-5-13-6-7-16-14(11-13)15(12-17(23)21-16)18(24)20-9-10-22/h6-7,11-12,22H,1-5,8-10,19H2,(H,20,24)(H,21,23). The molecule has 0 aliphatic carbocycles. The minimum Gasteiger partial charge on any atom is -0.395 e. The monoisotopic (exact) mass is 331 g/mol. The lowest BCUT2D eigenvalue weighted by atomic mass is 10.0. The maximum absolute atomic E-state index is 12.2. The molecule has 1 heterocycles. The molecule has 0 bridgehead atoms. The quantitative estimate of drug-likeness (QED) is 0.520. The van der Waals surface area contributed by atoms with E-state index in [0.29, 0.717) is 11.1 Å². The molecule has 0 saturated carbocycles. The first-order valence-electron chi connectivity index (χ1n) is 8.41. The molecule has 24 heavy (non-hydrogen) atoms. The number of nitrogens with two attached hydrogens (primary N) is 1. The van der Waals surface area contributed by atoms with Crippen molar-refractivity contribution in [3.63, 3.8) is 0 Å². The van der Waals surface area contributed by atoms with E-state index in [1.807, 2.05) is 18.2 Å². The number of amides is 1. The minimum absolute atomic E-state index is 0.138. The van der Waals surface area contributed by atoms with Crippen LogP contribution in [0.4, 0.5) is 0 Å². The highest BCUT2D eigenvalue weighted by Gasteiger charge is 2.12. The first kappa shape index (κ1) is 18.2. The van der Waals surface area contributed by atoms with Gasteiger partial charge in [-0.05, 0) is 43.5 Å². The van der Waals surface area contributed by atoms with Crippen molar-refractivity contribution in [1.29, 1.82) is 0 Å². The van der Waals surface area contributed by atoms with Gasteiger partial charge < -0.3 is 21.1 Å². The Labute approximate surface area is 141 Å². The summed E-state index contributed by atoms with van der Waals surface area (Å²) in [6.45, 7) is 0.754. The van der Waals surface area contributed by atoms with Crippen LogP contribution in [0, 0.1) is 0 Å². The Morgan fingerprint density at radius 1 is 1.17 bits per heavy atom. The number of benzene rings is 1. The normalized spacial score (nSPS) is 10.9. The molecular weight excluding hydrogens is 306 g/mol. The van der Waals surface area contributed by atoms with E-state index in [-0.39, 0.29) is 24.6 Å². The van der Waals surface area contributed by atoms with Crippen molar-refractivity contribution < 1.29 is 9.90 Å². The van der Waals surface area contributed by atoms with E-state index in [2.05, 4.69) is 10.3 Å². The largest absolute Gasteiger partial charge is 0.395 e. The smallest absolute Gasteiger partial charge is 0.252 e. The maximum Gasteiger partial charge on any atom is 0.252 e. The van der Waals surface area contributed by atoms with Gasteiger partial charge in [-0.1, -0.05) is 18.9 Å². The van der Waals surface area contributed by atoms with Crippen LogP contribution >= 0.6 is 0 Å². The molecule has 1 amide bonds. The van der Waals surface area contributed by atoms with Gasteiger partial charge in [0.1, 0.15) is 0 Å². The van der Waals surface area contributed by atoms with Crippen LogP contribution in [0.2, 0.25) is 0 Å². The van der Waals surface area contributed by atoms with Gasteiger partial charge in [-0.3, -0.25) is 9.59 Å². The third kappa shape index (κ3) is 4.91. The van der Waals surface area contributed by atoms with Gasteiger partial charge in [0.05, 0.1) is 12.2 Å². The molecule has 0 unspecified atom stereocenters. The second-order valence-corrected chi connectivity index (χ2v) is 5.86. The summed E-state index contributed by atoms with van der Waals surface area (Å²) in [5.41, 5.74) is 7.30. The van der Waals surface area contributed by atoms with Crippen LogP contribution in [0.1, 0.15) is 41.6 Å². The number of carbonyl (C=O) groups is 1. The molecule has 0 atom stereocenters. The summed E-state index contributed by atoms with van der Waals surface area (Å²) < 4.78 is 0. The van der Waals surface area contributed by atoms with Crippen LogP contribution in [0.3, 0.4) is 0 Å². The topological polar surface area (TPSA) is 108 Å². The third-order valence-electron chi connectivity index (χ3n) is 3.97. The van der Waals surface area contributed by atoms with Gasteiger partial charge in [0.2, 0.25) is 5.56 Å². The average molecular weight is 331 g/mol. The lowest BCUT2D eigenvalue weighted by Crippen LogP contribution is -2.27. The zero-order valence-electron chi connectivity index (χ0n) is 13.8. The fourth-order valence-electron chi connectivity index (χ4n) is 2.74. The zero-order chi connectivity index (χ0) is 17.4. The molecule has 1 aromatic heterocycles. The number of aliphatic hydroxyl groups excluding tert-OH is 1. The van der Waals surface area contributed by atoms with Crippen molar-refractivity contribution in [2.24, 2.45) is 5.73 Å². The Hall–Kier alpha value is -2.18. The Kier molecular flexibility index (Phi) is 6.96. The third-order valence-corrected chi connectivity index (χ3v) is 3.97. The summed E-state index contributed by atoms with van der Waals surface area (Å²) in [5.74, 6) is -0.347. The molecule has 2 aromatic rings. The van der Waals surface area contributed by atoms with Crippen molar-refractivity contribution in [3.05, 3.63) is 45.7 Å². The predicted octanol–water partition coefficient (Wildman–Crippen LogP) is 1.31.